The molecule has 110 valence electrons. The number of benzene rings is 1. The van der Waals surface area contributed by atoms with Gasteiger partial charge in [0, 0.05) is 22.0 Å². The van der Waals surface area contributed by atoms with Gasteiger partial charge in [0.15, 0.2) is 0 Å². The Morgan fingerprint density at radius 1 is 1.15 bits per heavy atom. The zero-order valence-electron chi connectivity index (χ0n) is 11.6. The minimum atomic E-state index is -0.199. The van der Waals surface area contributed by atoms with Crippen LogP contribution in [0, 0.1) is 0 Å². The number of aliphatic hydroxyl groups excluding tert-OH is 1. The van der Waals surface area contributed by atoms with Crippen molar-refractivity contribution in [3.8, 4) is 0 Å². The largest absolute Gasteiger partial charge is 0.392 e. The van der Waals surface area contributed by atoms with Gasteiger partial charge in [0.1, 0.15) is 0 Å². The van der Waals surface area contributed by atoms with E-state index in [4.69, 9.17) is 11.6 Å². The zero-order chi connectivity index (χ0) is 13.9. The average molecular weight is 312 g/mol. The molecule has 1 aromatic carbocycles. The van der Waals surface area contributed by atoms with Crippen molar-refractivity contribution < 1.29 is 5.11 Å². The fourth-order valence-corrected chi connectivity index (χ4v) is 4.57. The molecule has 20 heavy (non-hydrogen) atoms. The average Bonchev–Trinajstić information content (AvgIpc) is 2.65. The molecular weight excluding hydrogens is 290 g/mol. The molecule has 0 aromatic heterocycles. The van der Waals surface area contributed by atoms with Gasteiger partial charge in [-0.1, -0.05) is 30.9 Å². The summed E-state index contributed by atoms with van der Waals surface area (Å²) < 4.78 is 0. The predicted molar refractivity (Wildman–Crippen MR) is 85.5 cm³/mol. The Hall–Kier alpha value is -0.220. The molecule has 0 spiro atoms. The van der Waals surface area contributed by atoms with Gasteiger partial charge in [0.05, 0.1) is 6.10 Å². The number of hydrogen-bond donors (Lipinski definition) is 2. The molecule has 1 aliphatic carbocycles. The summed E-state index contributed by atoms with van der Waals surface area (Å²) in [6.07, 6.45) is 6.55. The minimum absolute atomic E-state index is 0.199. The summed E-state index contributed by atoms with van der Waals surface area (Å²) in [6.45, 7) is 0. The molecule has 3 atom stereocenters. The Bertz CT molecular complexity index is 468. The minimum Gasteiger partial charge on any atom is -0.392 e. The highest BCUT2D eigenvalue weighted by molar-refractivity contribution is 7.99. The quantitative estimate of drug-likeness (QED) is 0.804. The third-order valence-corrected chi connectivity index (χ3v) is 5.76. The molecule has 0 radical (unpaired) electrons. The van der Waals surface area contributed by atoms with E-state index in [0.717, 1.165) is 36.5 Å². The van der Waals surface area contributed by atoms with Crippen molar-refractivity contribution in [1.29, 1.82) is 0 Å². The number of fused-ring (bicyclic) bond motifs is 1. The predicted octanol–water partition coefficient (Wildman–Crippen LogP) is 4.16. The van der Waals surface area contributed by atoms with Gasteiger partial charge in [0.2, 0.25) is 0 Å². The lowest BCUT2D eigenvalue weighted by molar-refractivity contribution is 0.113. The van der Waals surface area contributed by atoms with Gasteiger partial charge in [-0.25, -0.2) is 0 Å². The molecule has 0 amide bonds. The lowest BCUT2D eigenvalue weighted by Crippen LogP contribution is -2.42. The van der Waals surface area contributed by atoms with Gasteiger partial charge in [-0.05, 0) is 48.8 Å². The number of halogens is 1. The lowest BCUT2D eigenvalue weighted by atomic mass is 9.99. The first-order valence-electron chi connectivity index (χ1n) is 7.60. The van der Waals surface area contributed by atoms with Crippen LogP contribution >= 0.6 is 23.4 Å². The highest BCUT2D eigenvalue weighted by atomic mass is 35.5. The molecule has 1 heterocycles. The molecular formula is C16H22ClNOS. The van der Waals surface area contributed by atoms with Gasteiger partial charge in [-0.3, -0.25) is 0 Å². The molecule has 0 saturated heterocycles. The van der Waals surface area contributed by atoms with Crippen LogP contribution in [-0.4, -0.2) is 23.0 Å². The first-order chi connectivity index (χ1) is 9.74. The van der Waals surface area contributed by atoms with Crippen molar-refractivity contribution in [2.24, 2.45) is 0 Å². The van der Waals surface area contributed by atoms with Gasteiger partial charge < -0.3 is 10.4 Å². The van der Waals surface area contributed by atoms with Crippen molar-refractivity contribution in [2.45, 2.75) is 61.6 Å². The maximum absolute atomic E-state index is 10.3. The van der Waals surface area contributed by atoms with Crippen LogP contribution < -0.4 is 5.32 Å². The summed E-state index contributed by atoms with van der Waals surface area (Å²) in [6, 6.07) is 6.75. The number of thioether (sulfide) groups is 1. The maximum atomic E-state index is 10.3. The maximum Gasteiger partial charge on any atom is 0.0693 e. The van der Waals surface area contributed by atoms with Crippen LogP contribution in [0.4, 0.5) is 0 Å². The Labute approximate surface area is 130 Å². The van der Waals surface area contributed by atoms with Gasteiger partial charge in [-0.2, -0.15) is 0 Å². The second-order valence-corrected chi connectivity index (χ2v) is 7.42. The Balaban J connectivity index is 1.76. The smallest absolute Gasteiger partial charge is 0.0693 e. The summed E-state index contributed by atoms with van der Waals surface area (Å²) >= 11 is 8.06. The van der Waals surface area contributed by atoms with E-state index < -0.39 is 0 Å². The first kappa shape index (κ1) is 14.7. The molecule has 2 N–H and O–H groups in total. The van der Waals surface area contributed by atoms with Crippen LogP contribution in [0.25, 0.3) is 0 Å². The van der Waals surface area contributed by atoms with E-state index in [2.05, 4.69) is 17.4 Å². The molecule has 0 bridgehead atoms. The van der Waals surface area contributed by atoms with E-state index in [1.807, 2.05) is 17.8 Å². The molecule has 1 fully saturated rings. The zero-order valence-corrected chi connectivity index (χ0v) is 13.2. The van der Waals surface area contributed by atoms with Crippen LogP contribution in [0.2, 0.25) is 5.02 Å². The fraction of sp³-hybridized carbons (Fsp3) is 0.625. The molecule has 2 aliphatic rings. The van der Waals surface area contributed by atoms with Crippen LogP contribution in [0.1, 0.15) is 50.1 Å². The summed E-state index contributed by atoms with van der Waals surface area (Å²) in [7, 11) is 0. The molecule has 3 rings (SSSR count). The van der Waals surface area contributed by atoms with E-state index in [1.54, 1.807) is 0 Å². The van der Waals surface area contributed by atoms with Crippen LogP contribution in [0.5, 0.6) is 0 Å². The van der Waals surface area contributed by atoms with E-state index in [-0.39, 0.29) is 12.1 Å². The second-order valence-electron chi connectivity index (χ2n) is 5.85. The van der Waals surface area contributed by atoms with E-state index >= 15 is 0 Å². The number of aliphatic hydroxyl groups is 1. The van der Waals surface area contributed by atoms with Crippen LogP contribution in [0.3, 0.4) is 0 Å². The van der Waals surface area contributed by atoms with Gasteiger partial charge in [-0.15, -0.1) is 11.8 Å². The molecule has 1 aromatic rings. The standard InChI is InChI=1S/C16H22ClNOS/c17-11-6-7-16-12(10-11)13(8-9-20-16)18-14-4-2-1-3-5-15(14)19/h6-7,10,13-15,18-19H,1-5,8-9H2. The molecule has 1 aliphatic heterocycles. The van der Waals surface area contributed by atoms with E-state index in [1.165, 1.54) is 23.3 Å². The highest BCUT2D eigenvalue weighted by Crippen LogP contribution is 2.38. The summed E-state index contributed by atoms with van der Waals surface area (Å²) in [5.41, 5.74) is 1.31. The third-order valence-electron chi connectivity index (χ3n) is 4.41. The van der Waals surface area contributed by atoms with Crippen molar-refractivity contribution in [3.63, 3.8) is 0 Å². The lowest BCUT2D eigenvalue weighted by Gasteiger charge is -2.32. The number of nitrogens with one attached hydrogen (secondary N) is 1. The van der Waals surface area contributed by atoms with E-state index in [0.29, 0.717) is 6.04 Å². The van der Waals surface area contributed by atoms with Crippen molar-refractivity contribution in [3.05, 3.63) is 28.8 Å². The first-order valence-corrected chi connectivity index (χ1v) is 8.97. The summed E-state index contributed by atoms with van der Waals surface area (Å²) in [5.74, 6) is 1.13. The SMILES string of the molecule is OC1CCCCCC1NC1CCSc2ccc(Cl)cc21. The monoisotopic (exact) mass is 311 g/mol. The van der Waals surface area contributed by atoms with E-state index in [9.17, 15) is 5.11 Å². The molecule has 3 unspecified atom stereocenters. The van der Waals surface area contributed by atoms with Crippen LogP contribution in [-0.2, 0) is 0 Å². The second kappa shape index (κ2) is 6.69. The summed E-state index contributed by atoms with van der Waals surface area (Å²) in [5, 5.41) is 14.8. The van der Waals surface area contributed by atoms with Crippen molar-refractivity contribution in [1.82, 2.24) is 5.32 Å². The molecule has 4 heteroatoms. The third kappa shape index (κ3) is 3.33. The Morgan fingerprint density at radius 3 is 2.90 bits per heavy atom. The molecule has 2 nitrogen and oxygen atoms in total. The Morgan fingerprint density at radius 2 is 2.00 bits per heavy atom. The van der Waals surface area contributed by atoms with Crippen molar-refractivity contribution >= 4 is 23.4 Å². The summed E-state index contributed by atoms with van der Waals surface area (Å²) in [4.78, 5) is 1.33. The normalized spacial score (nSPS) is 30.6. The highest BCUT2D eigenvalue weighted by Gasteiger charge is 2.27. The number of rotatable bonds is 2. The van der Waals surface area contributed by atoms with Gasteiger partial charge >= 0.3 is 0 Å². The Kier molecular flexibility index (Phi) is 4.92. The van der Waals surface area contributed by atoms with Crippen molar-refractivity contribution in [2.75, 3.05) is 5.75 Å². The number of hydrogen-bond acceptors (Lipinski definition) is 3. The fourth-order valence-electron chi connectivity index (χ4n) is 3.28. The van der Waals surface area contributed by atoms with Gasteiger partial charge in [0.25, 0.3) is 0 Å². The van der Waals surface area contributed by atoms with Crippen LogP contribution in [0.15, 0.2) is 23.1 Å². The molecule has 1 saturated carbocycles. The topological polar surface area (TPSA) is 32.3 Å².